The maximum absolute atomic E-state index is 12.3. The first-order valence-electron chi connectivity index (χ1n) is 8.21. The Balaban J connectivity index is 0.000000553. The summed E-state index contributed by atoms with van der Waals surface area (Å²) >= 11 is 0. The Labute approximate surface area is 176 Å². The number of carboxylic acids is 2. The van der Waals surface area contributed by atoms with Gasteiger partial charge in [-0.2, -0.15) is 13.2 Å². The number of pyridine rings is 1. The van der Waals surface area contributed by atoms with E-state index >= 15 is 0 Å². The van der Waals surface area contributed by atoms with Gasteiger partial charge in [-0.25, -0.2) is 9.78 Å². The monoisotopic (exact) mass is 469 g/mol. The van der Waals surface area contributed by atoms with Crippen molar-refractivity contribution in [3.63, 3.8) is 0 Å². The van der Waals surface area contributed by atoms with Gasteiger partial charge in [0.2, 0.25) is 0 Å². The maximum Gasteiger partial charge on any atom is 0.490 e. The van der Waals surface area contributed by atoms with Crippen LogP contribution in [0.25, 0.3) is 11.1 Å². The standard InChI is InChI=1S/C14H17N3O4S2.C2HF3O2/c1-8-7-10(12-9(2)17-21-14(12)16-8)13(20)15-4-6-23-22-5-3-11(18)19;3-2(4,5)1(6)7/h7H,3-6H2,1-2H3,(H,15,20)(H,18,19);(H,6,7). The summed E-state index contributed by atoms with van der Waals surface area (Å²) in [4.78, 5) is 35.8. The third-order valence-electron chi connectivity index (χ3n) is 3.19. The van der Waals surface area contributed by atoms with Gasteiger partial charge in [0, 0.05) is 23.7 Å². The molecule has 0 radical (unpaired) electrons. The van der Waals surface area contributed by atoms with Crippen LogP contribution in [0.1, 0.15) is 28.2 Å². The van der Waals surface area contributed by atoms with Gasteiger partial charge in [0.1, 0.15) is 0 Å². The fourth-order valence-electron chi connectivity index (χ4n) is 1.95. The van der Waals surface area contributed by atoms with Gasteiger partial charge in [-0.15, -0.1) is 0 Å². The first-order valence-corrected chi connectivity index (χ1v) is 10.7. The van der Waals surface area contributed by atoms with Gasteiger partial charge in [0.25, 0.3) is 11.6 Å². The van der Waals surface area contributed by atoms with Gasteiger partial charge in [0.05, 0.1) is 23.1 Å². The Kier molecular flexibility index (Phi) is 9.92. The van der Waals surface area contributed by atoms with Crippen molar-refractivity contribution in [3.8, 4) is 0 Å². The number of alkyl halides is 3. The van der Waals surface area contributed by atoms with Gasteiger partial charge in [-0.05, 0) is 19.9 Å². The highest BCUT2D eigenvalue weighted by atomic mass is 33.1. The summed E-state index contributed by atoms with van der Waals surface area (Å²) < 4.78 is 36.8. The highest BCUT2D eigenvalue weighted by Gasteiger charge is 2.38. The predicted octanol–water partition coefficient (Wildman–Crippen LogP) is 3.06. The van der Waals surface area contributed by atoms with E-state index in [4.69, 9.17) is 19.5 Å². The van der Waals surface area contributed by atoms with Crippen LogP contribution in [-0.2, 0) is 9.59 Å². The molecule has 2 heterocycles. The molecule has 0 aliphatic carbocycles. The van der Waals surface area contributed by atoms with Crippen LogP contribution in [0.2, 0.25) is 0 Å². The largest absolute Gasteiger partial charge is 0.490 e. The molecule has 3 N–H and O–H groups in total. The number of hydrogen-bond acceptors (Lipinski definition) is 8. The Morgan fingerprint density at radius 2 is 1.77 bits per heavy atom. The van der Waals surface area contributed by atoms with Gasteiger partial charge < -0.3 is 20.1 Å². The highest BCUT2D eigenvalue weighted by Crippen LogP contribution is 2.23. The zero-order chi connectivity index (χ0) is 22.9. The molecule has 0 unspecified atom stereocenters. The van der Waals surface area contributed by atoms with Crippen molar-refractivity contribution in [2.75, 3.05) is 18.1 Å². The minimum absolute atomic E-state index is 0.144. The van der Waals surface area contributed by atoms with Crippen LogP contribution in [0.4, 0.5) is 13.2 Å². The lowest BCUT2D eigenvalue weighted by molar-refractivity contribution is -0.192. The molecule has 0 aliphatic rings. The molecule has 0 saturated carbocycles. The number of carbonyl (C=O) groups is 3. The topological polar surface area (TPSA) is 143 Å². The van der Waals surface area contributed by atoms with Crippen molar-refractivity contribution in [1.29, 1.82) is 0 Å². The quantitative estimate of drug-likeness (QED) is 0.390. The lowest BCUT2D eigenvalue weighted by Crippen LogP contribution is -2.26. The van der Waals surface area contributed by atoms with Crippen molar-refractivity contribution in [2.24, 2.45) is 0 Å². The zero-order valence-electron chi connectivity index (χ0n) is 15.8. The van der Waals surface area contributed by atoms with E-state index in [2.05, 4.69) is 15.5 Å². The highest BCUT2D eigenvalue weighted by molar-refractivity contribution is 8.76. The van der Waals surface area contributed by atoms with Gasteiger partial charge in [-0.3, -0.25) is 9.59 Å². The summed E-state index contributed by atoms with van der Waals surface area (Å²) in [5.41, 5.74) is 2.20. The summed E-state index contributed by atoms with van der Waals surface area (Å²) in [7, 11) is 3.03. The molecule has 1 amide bonds. The van der Waals surface area contributed by atoms with Crippen LogP contribution in [0, 0.1) is 13.8 Å². The number of fused-ring (bicyclic) bond motifs is 1. The molecule has 0 aromatic carbocycles. The summed E-state index contributed by atoms with van der Waals surface area (Å²) in [6.07, 6.45) is -4.94. The number of hydrogen-bond donors (Lipinski definition) is 3. The average molecular weight is 469 g/mol. The van der Waals surface area contributed by atoms with E-state index in [0.717, 1.165) is 0 Å². The SMILES string of the molecule is Cc1cc(C(=O)NCCSSCCC(=O)O)c2c(C)noc2n1.O=C(O)C(F)(F)F. The second-order valence-electron chi connectivity index (χ2n) is 5.61. The molecule has 30 heavy (non-hydrogen) atoms. The van der Waals surface area contributed by atoms with Gasteiger partial charge >= 0.3 is 18.1 Å². The van der Waals surface area contributed by atoms with Crippen LogP contribution in [-0.4, -0.2) is 62.4 Å². The molecule has 0 fully saturated rings. The molecule has 2 aromatic heterocycles. The number of aromatic nitrogens is 2. The van der Waals surface area contributed by atoms with Crippen molar-refractivity contribution in [3.05, 3.63) is 23.0 Å². The Hall–Kier alpha value is -2.48. The number of carbonyl (C=O) groups excluding carboxylic acids is 1. The first kappa shape index (κ1) is 25.6. The normalized spacial score (nSPS) is 11.0. The number of amides is 1. The van der Waals surface area contributed by atoms with Crippen LogP contribution < -0.4 is 5.32 Å². The number of aliphatic carboxylic acids is 2. The number of carboxylic acid groups (broad SMARTS) is 2. The minimum atomic E-state index is -5.08. The molecule has 0 bridgehead atoms. The second kappa shape index (κ2) is 11.6. The molecule has 0 saturated heterocycles. The first-order chi connectivity index (χ1) is 13.9. The van der Waals surface area contributed by atoms with E-state index in [0.29, 0.717) is 46.1 Å². The second-order valence-corrected chi connectivity index (χ2v) is 8.31. The van der Waals surface area contributed by atoms with E-state index in [9.17, 15) is 22.8 Å². The van der Waals surface area contributed by atoms with E-state index < -0.39 is 18.1 Å². The fraction of sp³-hybridized carbons (Fsp3) is 0.438. The molecule has 14 heteroatoms. The number of nitrogens with one attached hydrogen (secondary N) is 1. The lowest BCUT2D eigenvalue weighted by atomic mass is 10.1. The van der Waals surface area contributed by atoms with Gasteiger partial charge in [-0.1, -0.05) is 26.7 Å². The third-order valence-corrected chi connectivity index (χ3v) is 5.59. The lowest BCUT2D eigenvalue weighted by Gasteiger charge is -2.06. The molecular weight excluding hydrogens is 451 g/mol. The smallest absolute Gasteiger partial charge is 0.481 e. The summed E-state index contributed by atoms with van der Waals surface area (Å²) in [6, 6.07) is 1.72. The molecule has 9 nitrogen and oxygen atoms in total. The van der Waals surface area contributed by atoms with Crippen molar-refractivity contribution in [1.82, 2.24) is 15.5 Å². The van der Waals surface area contributed by atoms with Gasteiger partial charge in [0.15, 0.2) is 0 Å². The van der Waals surface area contributed by atoms with Crippen LogP contribution >= 0.6 is 21.6 Å². The molecule has 2 rings (SSSR count). The van der Waals surface area contributed by atoms with E-state index in [-0.39, 0.29) is 12.3 Å². The zero-order valence-corrected chi connectivity index (χ0v) is 17.4. The summed E-state index contributed by atoms with van der Waals surface area (Å²) in [5.74, 6) is -2.49. The van der Waals surface area contributed by atoms with Crippen LogP contribution in [0.15, 0.2) is 10.6 Å². The van der Waals surface area contributed by atoms with Crippen LogP contribution in [0.3, 0.4) is 0 Å². The van der Waals surface area contributed by atoms with Crippen molar-refractivity contribution in [2.45, 2.75) is 26.4 Å². The number of aryl methyl sites for hydroxylation is 2. The molecule has 0 spiro atoms. The molecular formula is C16H18F3N3O6S2. The van der Waals surface area contributed by atoms with E-state index in [1.165, 1.54) is 21.6 Å². The maximum atomic E-state index is 12.3. The van der Waals surface area contributed by atoms with Crippen molar-refractivity contribution < 1.29 is 42.3 Å². The molecule has 166 valence electrons. The Morgan fingerprint density at radius 3 is 2.33 bits per heavy atom. The third kappa shape index (κ3) is 8.49. The molecule has 2 aromatic rings. The summed E-state index contributed by atoms with van der Waals surface area (Å²) in [5, 5.41) is 23.0. The number of halogens is 3. The Morgan fingerprint density at radius 1 is 1.17 bits per heavy atom. The number of rotatable bonds is 8. The predicted molar refractivity (Wildman–Crippen MR) is 104 cm³/mol. The van der Waals surface area contributed by atoms with Crippen molar-refractivity contribution >= 4 is 50.5 Å². The minimum Gasteiger partial charge on any atom is -0.481 e. The fourth-order valence-corrected chi connectivity index (χ4v) is 3.83. The number of nitrogens with zero attached hydrogens (tertiary/aromatic N) is 2. The van der Waals surface area contributed by atoms with Crippen LogP contribution in [0.5, 0.6) is 0 Å². The van der Waals surface area contributed by atoms with E-state index in [1.54, 1.807) is 19.9 Å². The average Bonchev–Trinajstić information content (AvgIpc) is 3.00. The molecule has 0 atom stereocenters. The summed E-state index contributed by atoms with van der Waals surface area (Å²) in [6.45, 7) is 4.06. The Bertz CT molecular complexity index is 904. The van der Waals surface area contributed by atoms with E-state index in [1.807, 2.05) is 0 Å². The molecule has 0 aliphatic heterocycles.